The van der Waals surface area contributed by atoms with E-state index in [4.69, 9.17) is 0 Å². The molecule has 0 aromatic rings. The van der Waals surface area contributed by atoms with Crippen molar-refractivity contribution in [3.05, 3.63) is 22.8 Å². The second-order valence-electron chi connectivity index (χ2n) is 8.20. The van der Waals surface area contributed by atoms with Gasteiger partial charge in [0.05, 0.1) is 0 Å². The molecule has 124 valence electrons. The highest BCUT2D eigenvalue weighted by molar-refractivity contribution is 5.93. The van der Waals surface area contributed by atoms with E-state index in [1.165, 1.54) is 23.6 Å². The number of Topliss-reactive ketones (excluding diaryl/α,β-unsaturated/α-hetero) is 1. The predicted octanol–water partition coefficient (Wildman–Crippen LogP) is 4.49. The van der Waals surface area contributed by atoms with E-state index in [0.717, 1.165) is 38.5 Å². The molecule has 0 aromatic heterocycles. The van der Waals surface area contributed by atoms with Crippen molar-refractivity contribution in [2.45, 2.75) is 70.9 Å². The van der Waals surface area contributed by atoms with Crippen LogP contribution in [0.25, 0.3) is 0 Å². The van der Waals surface area contributed by atoms with Gasteiger partial charge >= 0.3 is 0 Å². The zero-order valence-corrected chi connectivity index (χ0v) is 14.1. The lowest BCUT2D eigenvalue weighted by Gasteiger charge is -2.50. The number of allylic oxidation sites excluding steroid dienone is 4. The Balaban J connectivity index is 1.74. The standard InChI is InChI=1S/C20H25FO2/c1-12(22)20(21)10-8-18-17-5-3-13-11-14(23)4-6-15(13)16(17)7-9-19(18,20)2/h11,17-18H,3-10H2,1-2H3/t17-,18+,19+,20+/m1/s1. The third-order valence-electron chi connectivity index (χ3n) is 7.39. The van der Waals surface area contributed by atoms with Crippen LogP contribution in [0, 0.1) is 17.3 Å². The van der Waals surface area contributed by atoms with Crippen molar-refractivity contribution in [1.29, 1.82) is 0 Å². The topological polar surface area (TPSA) is 34.1 Å². The number of rotatable bonds is 1. The van der Waals surface area contributed by atoms with E-state index in [-0.39, 0.29) is 17.5 Å². The molecule has 4 atom stereocenters. The van der Waals surface area contributed by atoms with E-state index in [9.17, 15) is 9.59 Å². The van der Waals surface area contributed by atoms with E-state index < -0.39 is 11.1 Å². The molecule has 2 fully saturated rings. The SMILES string of the molecule is CC(=O)[C@@]1(F)CC[C@H]2[C@@H]3CCC4=CC(=O)CCC4=C3CC[C@@]21C. The summed E-state index contributed by atoms with van der Waals surface area (Å²) < 4.78 is 15.5. The molecule has 2 saturated carbocycles. The quantitative estimate of drug-likeness (QED) is 0.714. The number of fused-ring (bicyclic) bond motifs is 4. The van der Waals surface area contributed by atoms with Crippen LogP contribution in [0.3, 0.4) is 0 Å². The fourth-order valence-corrected chi connectivity index (χ4v) is 6.10. The summed E-state index contributed by atoms with van der Waals surface area (Å²) in [5.41, 5.74) is 2.01. The first-order chi connectivity index (χ1) is 10.9. The normalized spacial score (nSPS) is 42.7. The van der Waals surface area contributed by atoms with Gasteiger partial charge in [-0.3, -0.25) is 9.59 Å². The van der Waals surface area contributed by atoms with Gasteiger partial charge in [0.25, 0.3) is 0 Å². The second kappa shape index (κ2) is 4.87. The molecule has 0 unspecified atom stereocenters. The minimum Gasteiger partial charge on any atom is -0.296 e. The lowest BCUT2D eigenvalue weighted by Crippen LogP contribution is -2.50. The van der Waals surface area contributed by atoms with Crippen LogP contribution in [0.15, 0.2) is 22.8 Å². The minimum atomic E-state index is -1.63. The lowest BCUT2D eigenvalue weighted by molar-refractivity contribution is -0.138. The summed E-state index contributed by atoms with van der Waals surface area (Å²) in [5.74, 6) is 0.680. The molecule has 0 saturated heterocycles. The maximum absolute atomic E-state index is 15.5. The Kier molecular flexibility index (Phi) is 3.24. The van der Waals surface area contributed by atoms with E-state index in [1.807, 2.05) is 13.0 Å². The molecular weight excluding hydrogens is 291 g/mol. The number of alkyl halides is 1. The summed E-state index contributed by atoms with van der Waals surface area (Å²) in [4.78, 5) is 23.7. The average Bonchev–Trinajstić information content (AvgIpc) is 2.80. The molecular formula is C20H25FO2. The van der Waals surface area contributed by atoms with Gasteiger partial charge < -0.3 is 0 Å². The summed E-state index contributed by atoms with van der Waals surface area (Å²) in [6, 6.07) is 0. The van der Waals surface area contributed by atoms with Gasteiger partial charge in [-0.1, -0.05) is 12.5 Å². The maximum Gasteiger partial charge on any atom is 0.174 e. The molecule has 4 rings (SSSR count). The average molecular weight is 316 g/mol. The zero-order chi connectivity index (χ0) is 16.4. The summed E-state index contributed by atoms with van der Waals surface area (Å²) in [6.45, 7) is 3.44. The van der Waals surface area contributed by atoms with Crippen LogP contribution >= 0.6 is 0 Å². The monoisotopic (exact) mass is 316 g/mol. The number of carbonyl (C=O) groups is 2. The van der Waals surface area contributed by atoms with Crippen molar-refractivity contribution in [2.24, 2.45) is 17.3 Å². The highest BCUT2D eigenvalue weighted by atomic mass is 19.1. The van der Waals surface area contributed by atoms with Gasteiger partial charge in [0.2, 0.25) is 0 Å². The molecule has 0 amide bonds. The molecule has 0 heterocycles. The van der Waals surface area contributed by atoms with Gasteiger partial charge in [0.1, 0.15) is 0 Å². The van der Waals surface area contributed by atoms with Crippen LogP contribution in [-0.2, 0) is 9.59 Å². The molecule has 4 aliphatic carbocycles. The molecule has 0 bridgehead atoms. The van der Waals surface area contributed by atoms with Crippen molar-refractivity contribution in [2.75, 3.05) is 0 Å². The molecule has 23 heavy (non-hydrogen) atoms. The Morgan fingerprint density at radius 2 is 1.96 bits per heavy atom. The van der Waals surface area contributed by atoms with Gasteiger partial charge in [-0.05, 0) is 80.9 Å². The van der Waals surface area contributed by atoms with Crippen molar-refractivity contribution in [3.8, 4) is 0 Å². The fourth-order valence-electron chi connectivity index (χ4n) is 6.10. The number of hydrogen-bond donors (Lipinski definition) is 0. The van der Waals surface area contributed by atoms with E-state index in [1.54, 1.807) is 0 Å². The Bertz CT molecular complexity index is 659. The first-order valence-electron chi connectivity index (χ1n) is 9.02. The van der Waals surface area contributed by atoms with Gasteiger partial charge in [0.15, 0.2) is 17.2 Å². The Morgan fingerprint density at radius 3 is 2.70 bits per heavy atom. The third-order valence-corrected chi connectivity index (χ3v) is 7.39. The first kappa shape index (κ1) is 15.3. The number of carbonyl (C=O) groups excluding carboxylic acids is 2. The fraction of sp³-hybridized carbons (Fsp3) is 0.700. The van der Waals surface area contributed by atoms with Crippen LogP contribution in [-0.4, -0.2) is 17.2 Å². The first-order valence-corrected chi connectivity index (χ1v) is 9.02. The van der Waals surface area contributed by atoms with Gasteiger partial charge in [-0.2, -0.15) is 0 Å². The summed E-state index contributed by atoms with van der Waals surface area (Å²) in [7, 11) is 0. The van der Waals surface area contributed by atoms with Crippen molar-refractivity contribution >= 4 is 11.6 Å². The van der Waals surface area contributed by atoms with Gasteiger partial charge in [-0.25, -0.2) is 4.39 Å². The van der Waals surface area contributed by atoms with E-state index in [0.29, 0.717) is 18.8 Å². The number of halogens is 1. The highest BCUT2D eigenvalue weighted by Gasteiger charge is 2.64. The Hall–Kier alpha value is -1.25. The molecule has 2 nitrogen and oxygen atoms in total. The number of hydrogen-bond acceptors (Lipinski definition) is 2. The predicted molar refractivity (Wildman–Crippen MR) is 86.7 cm³/mol. The number of ketones is 2. The summed E-state index contributed by atoms with van der Waals surface area (Å²) >= 11 is 0. The zero-order valence-electron chi connectivity index (χ0n) is 14.1. The Labute approximate surface area is 137 Å². The highest BCUT2D eigenvalue weighted by Crippen LogP contribution is 2.64. The van der Waals surface area contributed by atoms with Crippen molar-refractivity contribution < 1.29 is 14.0 Å². The lowest BCUT2D eigenvalue weighted by atomic mass is 9.55. The summed E-state index contributed by atoms with van der Waals surface area (Å²) in [5, 5.41) is 0. The van der Waals surface area contributed by atoms with Crippen molar-refractivity contribution in [3.63, 3.8) is 0 Å². The molecule has 0 radical (unpaired) electrons. The molecule has 4 aliphatic rings. The van der Waals surface area contributed by atoms with Crippen molar-refractivity contribution in [1.82, 2.24) is 0 Å². The molecule has 0 aromatic carbocycles. The smallest absolute Gasteiger partial charge is 0.174 e. The maximum atomic E-state index is 15.5. The molecule has 0 aliphatic heterocycles. The van der Waals surface area contributed by atoms with Gasteiger partial charge in [0, 0.05) is 11.8 Å². The molecule has 0 N–H and O–H groups in total. The summed E-state index contributed by atoms with van der Waals surface area (Å²) in [6.07, 6.45) is 8.19. The third kappa shape index (κ3) is 1.91. The van der Waals surface area contributed by atoms with E-state index in [2.05, 4.69) is 0 Å². The minimum absolute atomic E-state index is 0.253. The van der Waals surface area contributed by atoms with Crippen LogP contribution < -0.4 is 0 Å². The Morgan fingerprint density at radius 1 is 1.17 bits per heavy atom. The van der Waals surface area contributed by atoms with Crippen LogP contribution in [0.4, 0.5) is 4.39 Å². The van der Waals surface area contributed by atoms with Crippen LogP contribution in [0.1, 0.15) is 65.2 Å². The van der Waals surface area contributed by atoms with Gasteiger partial charge in [-0.15, -0.1) is 0 Å². The molecule has 3 heteroatoms. The molecule has 0 spiro atoms. The van der Waals surface area contributed by atoms with Crippen LogP contribution in [0.5, 0.6) is 0 Å². The van der Waals surface area contributed by atoms with E-state index >= 15 is 4.39 Å². The second-order valence-corrected chi connectivity index (χ2v) is 8.20. The van der Waals surface area contributed by atoms with Crippen LogP contribution in [0.2, 0.25) is 0 Å². The largest absolute Gasteiger partial charge is 0.296 e.